The van der Waals surface area contributed by atoms with Gasteiger partial charge in [0.25, 0.3) is 0 Å². The highest BCUT2D eigenvalue weighted by molar-refractivity contribution is 5.83. The summed E-state index contributed by atoms with van der Waals surface area (Å²) in [5.41, 5.74) is 1.68. The molecule has 0 aliphatic heterocycles. The average Bonchev–Trinajstić information content (AvgIpc) is 3.10. The van der Waals surface area contributed by atoms with E-state index in [1.165, 1.54) is 12.1 Å². The standard InChI is InChI=1S/C17H23N7O3/c1-8(2)11(7-25)19-17-20-15(14-16(21-17)23-24-22-14)18-9(3)10-4-5-12(26)13(27)6-10/h4-6,8-9,11,25-27H,7H2,1-3H3,(H3,18,19,20,21,22,23,24). The molecule has 0 bridgehead atoms. The minimum Gasteiger partial charge on any atom is -0.504 e. The summed E-state index contributed by atoms with van der Waals surface area (Å²) in [5, 5.41) is 45.6. The van der Waals surface area contributed by atoms with Gasteiger partial charge in [-0.15, -0.1) is 5.10 Å². The van der Waals surface area contributed by atoms with Gasteiger partial charge in [-0.2, -0.15) is 9.97 Å². The number of anilines is 2. The molecule has 6 N–H and O–H groups in total. The van der Waals surface area contributed by atoms with Crippen LogP contribution in [0.4, 0.5) is 11.8 Å². The molecule has 144 valence electrons. The maximum absolute atomic E-state index is 9.71. The zero-order chi connectivity index (χ0) is 19.6. The van der Waals surface area contributed by atoms with E-state index >= 15 is 0 Å². The van der Waals surface area contributed by atoms with E-state index in [1.807, 2.05) is 20.8 Å². The fourth-order valence-corrected chi connectivity index (χ4v) is 2.60. The Bertz CT molecular complexity index is 928. The highest BCUT2D eigenvalue weighted by Crippen LogP contribution is 2.30. The third-order valence-electron chi connectivity index (χ3n) is 4.36. The number of aromatic amines is 1. The maximum atomic E-state index is 9.71. The normalized spacial score (nSPS) is 13.7. The molecule has 3 rings (SSSR count). The van der Waals surface area contributed by atoms with Crippen LogP contribution in [0.25, 0.3) is 11.2 Å². The first kappa shape index (κ1) is 18.6. The molecule has 3 aromatic rings. The van der Waals surface area contributed by atoms with Crippen LogP contribution in [0.2, 0.25) is 0 Å². The first-order valence-electron chi connectivity index (χ1n) is 8.63. The maximum Gasteiger partial charge on any atom is 0.227 e. The number of aliphatic hydroxyl groups excluding tert-OH is 1. The number of benzene rings is 1. The van der Waals surface area contributed by atoms with Gasteiger partial charge in [-0.3, -0.25) is 0 Å². The molecule has 27 heavy (non-hydrogen) atoms. The summed E-state index contributed by atoms with van der Waals surface area (Å²) in [4.78, 5) is 8.81. The van der Waals surface area contributed by atoms with Crippen LogP contribution in [-0.2, 0) is 0 Å². The lowest BCUT2D eigenvalue weighted by Crippen LogP contribution is -2.30. The number of fused-ring (bicyclic) bond motifs is 1. The highest BCUT2D eigenvalue weighted by atomic mass is 16.3. The van der Waals surface area contributed by atoms with Crippen LogP contribution in [0.3, 0.4) is 0 Å². The Morgan fingerprint density at radius 3 is 2.52 bits per heavy atom. The van der Waals surface area contributed by atoms with Gasteiger partial charge < -0.3 is 26.0 Å². The summed E-state index contributed by atoms with van der Waals surface area (Å²) in [6, 6.07) is 4.17. The second kappa shape index (κ2) is 7.62. The van der Waals surface area contributed by atoms with Crippen LogP contribution in [0, 0.1) is 5.92 Å². The van der Waals surface area contributed by atoms with Gasteiger partial charge >= 0.3 is 0 Å². The molecule has 1 aromatic carbocycles. The van der Waals surface area contributed by atoms with Crippen molar-refractivity contribution in [2.24, 2.45) is 5.92 Å². The van der Waals surface area contributed by atoms with Crippen LogP contribution in [0.5, 0.6) is 11.5 Å². The SMILES string of the molecule is CC(Nc1nc(NC(CO)C(C)C)nc2[nH]nnc12)c1ccc(O)c(O)c1. The lowest BCUT2D eigenvalue weighted by atomic mass is 10.1. The summed E-state index contributed by atoms with van der Waals surface area (Å²) < 4.78 is 0. The molecule has 2 unspecified atom stereocenters. The lowest BCUT2D eigenvalue weighted by molar-refractivity contribution is 0.248. The second-order valence-electron chi connectivity index (χ2n) is 6.70. The molecular formula is C17H23N7O3. The van der Waals surface area contributed by atoms with Crippen LogP contribution in [0.15, 0.2) is 18.2 Å². The van der Waals surface area contributed by atoms with E-state index in [0.29, 0.717) is 22.9 Å². The number of phenolic OH excluding ortho intramolecular Hbond substituents is 2. The van der Waals surface area contributed by atoms with Crippen molar-refractivity contribution in [2.75, 3.05) is 17.2 Å². The molecule has 0 aliphatic rings. The van der Waals surface area contributed by atoms with Crippen molar-refractivity contribution in [2.45, 2.75) is 32.9 Å². The Hall–Kier alpha value is -3.14. The summed E-state index contributed by atoms with van der Waals surface area (Å²) in [5.74, 6) is 0.605. The quantitative estimate of drug-likeness (QED) is 0.340. The van der Waals surface area contributed by atoms with E-state index in [9.17, 15) is 15.3 Å². The molecule has 0 spiro atoms. The minimum atomic E-state index is -0.238. The Kier molecular flexibility index (Phi) is 5.26. The Labute approximate surface area is 155 Å². The van der Waals surface area contributed by atoms with Crippen molar-refractivity contribution in [3.63, 3.8) is 0 Å². The Morgan fingerprint density at radius 2 is 1.85 bits per heavy atom. The molecule has 0 fully saturated rings. The molecule has 10 nitrogen and oxygen atoms in total. The number of aliphatic hydroxyl groups is 1. The molecule has 2 heterocycles. The number of phenols is 2. The number of hydrogen-bond donors (Lipinski definition) is 6. The first-order valence-corrected chi connectivity index (χ1v) is 8.63. The van der Waals surface area contributed by atoms with Gasteiger partial charge in [0, 0.05) is 0 Å². The van der Waals surface area contributed by atoms with Gasteiger partial charge in [-0.05, 0) is 30.5 Å². The van der Waals surface area contributed by atoms with E-state index in [0.717, 1.165) is 5.56 Å². The predicted molar refractivity (Wildman–Crippen MR) is 101 cm³/mol. The van der Waals surface area contributed by atoms with Crippen molar-refractivity contribution in [3.05, 3.63) is 23.8 Å². The molecular weight excluding hydrogens is 350 g/mol. The molecule has 0 radical (unpaired) electrons. The number of aromatic hydroxyl groups is 2. The van der Waals surface area contributed by atoms with Gasteiger partial charge in [-0.25, -0.2) is 5.10 Å². The number of aromatic nitrogens is 5. The second-order valence-corrected chi connectivity index (χ2v) is 6.70. The highest BCUT2D eigenvalue weighted by Gasteiger charge is 2.18. The van der Waals surface area contributed by atoms with Crippen molar-refractivity contribution in [1.82, 2.24) is 25.4 Å². The molecule has 0 saturated heterocycles. The third kappa shape index (κ3) is 4.00. The van der Waals surface area contributed by atoms with Gasteiger partial charge in [0.15, 0.2) is 28.5 Å². The van der Waals surface area contributed by atoms with Gasteiger partial charge in [-0.1, -0.05) is 25.1 Å². The van der Waals surface area contributed by atoms with Gasteiger partial charge in [0.1, 0.15) is 0 Å². The third-order valence-corrected chi connectivity index (χ3v) is 4.36. The molecule has 0 aliphatic carbocycles. The van der Waals surface area contributed by atoms with Crippen LogP contribution in [-0.4, -0.2) is 53.3 Å². The van der Waals surface area contributed by atoms with Gasteiger partial charge in [0.05, 0.1) is 18.7 Å². The zero-order valence-electron chi connectivity index (χ0n) is 15.3. The zero-order valence-corrected chi connectivity index (χ0v) is 15.3. The topological polar surface area (TPSA) is 152 Å². The monoisotopic (exact) mass is 373 g/mol. The number of H-pyrrole nitrogens is 1. The van der Waals surface area contributed by atoms with E-state index in [4.69, 9.17) is 0 Å². The van der Waals surface area contributed by atoms with E-state index < -0.39 is 0 Å². The van der Waals surface area contributed by atoms with E-state index in [-0.39, 0.29) is 36.1 Å². The predicted octanol–water partition coefficient (Wildman–Crippen LogP) is 1.76. The van der Waals surface area contributed by atoms with Crippen LogP contribution < -0.4 is 10.6 Å². The molecule has 2 atom stereocenters. The molecule has 2 aromatic heterocycles. The Balaban J connectivity index is 1.90. The van der Waals surface area contributed by atoms with E-state index in [2.05, 4.69) is 36.0 Å². The number of hydrogen-bond acceptors (Lipinski definition) is 9. The summed E-state index contributed by atoms with van der Waals surface area (Å²) in [6.45, 7) is 5.81. The average molecular weight is 373 g/mol. The van der Waals surface area contributed by atoms with Crippen molar-refractivity contribution in [1.29, 1.82) is 0 Å². The summed E-state index contributed by atoms with van der Waals surface area (Å²) in [6.07, 6.45) is 0. The number of rotatable bonds is 7. The van der Waals surface area contributed by atoms with Gasteiger partial charge in [0.2, 0.25) is 5.95 Å². The number of nitrogens with zero attached hydrogens (tertiary/aromatic N) is 4. The summed E-state index contributed by atoms with van der Waals surface area (Å²) in [7, 11) is 0. The summed E-state index contributed by atoms with van der Waals surface area (Å²) >= 11 is 0. The van der Waals surface area contributed by atoms with E-state index in [1.54, 1.807) is 6.07 Å². The van der Waals surface area contributed by atoms with Crippen molar-refractivity contribution < 1.29 is 15.3 Å². The first-order chi connectivity index (χ1) is 12.9. The van der Waals surface area contributed by atoms with Crippen molar-refractivity contribution in [3.8, 4) is 11.5 Å². The molecule has 0 amide bonds. The fraction of sp³-hybridized carbons (Fsp3) is 0.412. The molecule has 10 heteroatoms. The minimum absolute atomic E-state index is 0.0494. The molecule has 0 saturated carbocycles. The lowest BCUT2D eigenvalue weighted by Gasteiger charge is -2.21. The Morgan fingerprint density at radius 1 is 1.07 bits per heavy atom. The smallest absolute Gasteiger partial charge is 0.227 e. The van der Waals surface area contributed by atoms with Crippen molar-refractivity contribution >= 4 is 22.9 Å². The fourth-order valence-electron chi connectivity index (χ4n) is 2.60. The van der Waals surface area contributed by atoms with Crippen LogP contribution in [0.1, 0.15) is 32.4 Å². The largest absolute Gasteiger partial charge is 0.504 e. The van der Waals surface area contributed by atoms with Crippen LogP contribution >= 0.6 is 0 Å². The number of nitrogens with one attached hydrogen (secondary N) is 3.